The van der Waals surface area contributed by atoms with E-state index in [0.717, 1.165) is 16.8 Å². The molecule has 0 fully saturated rings. The van der Waals surface area contributed by atoms with Crippen molar-refractivity contribution in [1.82, 2.24) is 4.98 Å². The summed E-state index contributed by atoms with van der Waals surface area (Å²) in [5.41, 5.74) is 9.89. The average Bonchev–Trinajstić information content (AvgIpc) is 3.38. The summed E-state index contributed by atoms with van der Waals surface area (Å²) >= 11 is 1.39. The number of carbonyl (C=O) groups excluding carboxylic acids is 1. The second kappa shape index (κ2) is 11.7. The molecule has 1 amide bonds. The van der Waals surface area contributed by atoms with E-state index in [1.54, 1.807) is 24.3 Å². The molecule has 0 aliphatic carbocycles. The number of aromatic nitrogens is 1. The van der Waals surface area contributed by atoms with Gasteiger partial charge in [0.2, 0.25) is 5.96 Å². The molecule has 9 nitrogen and oxygen atoms in total. The van der Waals surface area contributed by atoms with Gasteiger partial charge in [0.25, 0.3) is 5.91 Å². The molecular weight excluding hydrogens is 531 g/mol. The molecule has 200 valence electrons. The van der Waals surface area contributed by atoms with Crippen LogP contribution >= 0.6 is 11.3 Å². The van der Waals surface area contributed by atoms with Crippen LogP contribution in [0.4, 0.5) is 24.0 Å². The van der Waals surface area contributed by atoms with Gasteiger partial charge in [-0.15, -0.1) is 24.5 Å². The van der Waals surface area contributed by atoms with Gasteiger partial charge in [-0.05, 0) is 61.0 Å². The number of alkyl halides is 3. The summed E-state index contributed by atoms with van der Waals surface area (Å²) in [5.74, 6) is 3.67. The lowest BCUT2D eigenvalue weighted by molar-refractivity contribution is -0.274. The van der Waals surface area contributed by atoms with Crippen LogP contribution in [0.1, 0.15) is 21.5 Å². The number of ether oxygens (including phenoxy) is 1. The number of hydrogen-bond acceptors (Lipinski definition) is 6. The lowest BCUT2D eigenvalue weighted by Crippen LogP contribution is -2.17. The van der Waals surface area contributed by atoms with Gasteiger partial charge in [0.15, 0.2) is 5.13 Å². The van der Waals surface area contributed by atoms with Gasteiger partial charge in [-0.1, -0.05) is 40.2 Å². The van der Waals surface area contributed by atoms with E-state index in [9.17, 15) is 18.0 Å². The number of nitrogens with zero attached hydrogens (tertiary/aromatic N) is 5. The largest absolute Gasteiger partial charge is 0.573 e. The molecule has 0 aliphatic rings. The van der Waals surface area contributed by atoms with Gasteiger partial charge in [0.1, 0.15) is 5.75 Å². The third-order valence-electron chi connectivity index (χ3n) is 5.37. The second-order valence-electron chi connectivity index (χ2n) is 8.20. The Balaban J connectivity index is 1.58. The van der Waals surface area contributed by atoms with Gasteiger partial charge in [0.05, 0.1) is 12.2 Å². The van der Waals surface area contributed by atoms with E-state index in [0.29, 0.717) is 28.5 Å². The molecule has 0 saturated heterocycles. The molecule has 13 heteroatoms. The zero-order valence-electron chi connectivity index (χ0n) is 20.5. The summed E-state index contributed by atoms with van der Waals surface area (Å²) in [6, 6.07) is 20.3. The van der Waals surface area contributed by atoms with Crippen LogP contribution in [0.15, 0.2) is 93.5 Å². The van der Waals surface area contributed by atoms with Crippen LogP contribution < -0.4 is 21.2 Å². The first-order valence-corrected chi connectivity index (χ1v) is 12.2. The Morgan fingerprint density at radius 3 is 2.31 bits per heavy atom. The molecule has 0 saturated carbocycles. The van der Waals surface area contributed by atoms with Crippen molar-refractivity contribution in [2.75, 3.05) is 4.90 Å². The highest BCUT2D eigenvalue weighted by Gasteiger charge is 2.31. The molecule has 4 N–H and O–H groups in total. The molecule has 4 rings (SSSR count). The molecule has 0 unspecified atom stereocenters. The van der Waals surface area contributed by atoms with Crippen LogP contribution in [-0.4, -0.2) is 23.2 Å². The summed E-state index contributed by atoms with van der Waals surface area (Å²) in [6.45, 7) is 2.41. The van der Waals surface area contributed by atoms with Gasteiger partial charge in [-0.2, -0.15) is 4.99 Å². The Hall–Kier alpha value is -4.78. The van der Waals surface area contributed by atoms with Crippen LogP contribution in [0.5, 0.6) is 5.75 Å². The number of halogens is 3. The molecule has 0 aliphatic heterocycles. The monoisotopic (exact) mass is 553 g/mol. The number of amides is 1. The number of carbonyl (C=O) groups is 1. The number of nitrogens with two attached hydrogens (primary N) is 2. The molecule has 39 heavy (non-hydrogen) atoms. The predicted molar refractivity (Wildman–Crippen MR) is 143 cm³/mol. The maximum atomic E-state index is 12.5. The first-order chi connectivity index (χ1) is 18.6. The van der Waals surface area contributed by atoms with Gasteiger partial charge in [0, 0.05) is 22.2 Å². The summed E-state index contributed by atoms with van der Waals surface area (Å²) in [4.78, 5) is 22.6. The molecule has 0 spiro atoms. The van der Waals surface area contributed by atoms with E-state index >= 15 is 0 Å². The molecule has 1 aromatic heterocycles. The molecule has 1 heterocycles. The third kappa shape index (κ3) is 7.38. The van der Waals surface area contributed by atoms with Crippen molar-refractivity contribution in [3.05, 3.63) is 94.9 Å². The summed E-state index contributed by atoms with van der Waals surface area (Å²) in [5, 5.41) is 8.81. The molecule has 0 atom stereocenters. The SMILES string of the molecule is Cc1ccc(N(Cc2ccc(C(=O)N=C(N)/N=N\N)cc2)c2nc(-c3ccc(OC(F)(F)F)cc3)cs2)cc1. The number of guanidine groups is 1. The number of rotatable bonds is 7. The Morgan fingerprint density at radius 1 is 1.03 bits per heavy atom. The maximum absolute atomic E-state index is 12.5. The fraction of sp³-hybridized carbons (Fsp3) is 0.115. The Labute approximate surface area is 225 Å². The Morgan fingerprint density at radius 2 is 1.69 bits per heavy atom. The minimum Gasteiger partial charge on any atom is -0.406 e. The van der Waals surface area contributed by atoms with Gasteiger partial charge < -0.3 is 21.2 Å². The van der Waals surface area contributed by atoms with Crippen LogP contribution in [-0.2, 0) is 6.54 Å². The van der Waals surface area contributed by atoms with Crippen LogP contribution in [0.3, 0.4) is 0 Å². The molecular formula is C26H22F3N7O2S. The van der Waals surface area contributed by atoms with Crippen LogP contribution in [0.25, 0.3) is 11.3 Å². The fourth-order valence-corrected chi connectivity index (χ4v) is 4.38. The van der Waals surface area contributed by atoms with Crippen molar-refractivity contribution >= 4 is 34.0 Å². The quantitative estimate of drug-likeness (QED) is 0.0930. The van der Waals surface area contributed by atoms with Gasteiger partial charge in [-0.25, -0.2) is 4.98 Å². The predicted octanol–water partition coefficient (Wildman–Crippen LogP) is 6.14. The lowest BCUT2D eigenvalue weighted by Gasteiger charge is -2.22. The number of aryl methyl sites for hydroxylation is 1. The number of thiazole rings is 1. The standard InChI is InChI=1S/C26H22F3N7O2S/c1-16-2-10-20(11-3-16)36(14-17-4-6-19(7-5-17)23(37)33-24(30)34-35-31)25-32-22(15-39-25)18-8-12-21(13-9-18)38-26(27,28)29/h2-13,15H,14H2,1H3,(H4,30,31,33,34,37). The molecule has 4 aromatic rings. The number of anilines is 2. The van der Waals surface area contributed by atoms with E-state index < -0.39 is 12.3 Å². The minimum absolute atomic E-state index is 0.304. The van der Waals surface area contributed by atoms with E-state index in [4.69, 9.17) is 16.6 Å². The third-order valence-corrected chi connectivity index (χ3v) is 6.23. The van der Waals surface area contributed by atoms with Crippen molar-refractivity contribution in [2.24, 2.45) is 26.9 Å². The maximum Gasteiger partial charge on any atom is 0.573 e. The van der Waals surface area contributed by atoms with E-state index in [-0.39, 0.29) is 11.7 Å². The summed E-state index contributed by atoms with van der Waals surface area (Å²) in [6.07, 6.45) is -4.76. The summed E-state index contributed by atoms with van der Waals surface area (Å²) < 4.78 is 41.4. The van der Waals surface area contributed by atoms with Crippen LogP contribution in [0.2, 0.25) is 0 Å². The number of aliphatic imine (C=N–C) groups is 1. The fourth-order valence-electron chi connectivity index (χ4n) is 3.53. The zero-order chi connectivity index (χ0) is 28.0. The summed E-state index contributed by atoms with van der Waals surface area (Å²) in [7, 11) is 0. The first kappa shape index (κ1) is 27.3. The molecule has 3 aromatic carbocycles. The smallest absolute Gasteiger partial charge is 0.406 e. The highest BCUT2D eigenvalue weighted by atomic mass is 32.1. The van der Waals surface area contributed by atoms with E-state index in [1.807, 2.05) is 41.5 Å². The van der Waals surface area contributed by atoms with Crippen molar-refractivity contribution in [1.29, 1.82) is 0 Å². The minimum atomic E-state index is -4.76. The lowest BCUT2D eigenvalue weighted by atomic mass is 10.1. The Kier molecular flexibility index (Phi) is 8.20. The van der Waals surface area contributed by atoms with Crippen molar-refractivity contribution < 1.29 is 22.7 Å². The van der Waals surface area contributed by atoms with Crippen LogP contribution in [0, 0.1) is 6.92 Å². The zero-order valence-corrected chi connectivity index (χ0v) is 21.3. The topological polar surface area (TPSA) is 132 Å². The van der Waals surface area contributed by atoms with E-state index in [2.05, 4.69) is 20.1 Å². The Bertz CT molecular complexity index is 1480. The van der Waals surface area contributed by atoms with E-state index in [1.165, 1.54) is 35.6 Å². The molecule has 0 bridgehead atoms. The van der Waals surface area contributed by atoms with Gasteiger partial charge >= 0.3 is 6.36 Å². The van der Waals surface area contributed by atoms with Crippen molar-refractivity contribution in [3.8, 4) is 17.0 Å². The highest BCUT2D eigenvalue weighted by molar-refractivity contribution is 7.14. The number of benzene rings is 3. The van der Waals surface area contributed by atoms with Gasteiger partial charge in [-0.3, -0.25) is 4.79 Å². The second-order valence-corrected chi connectivity index (χ2v) is 9.03. The highest BCUT2D eigenvalue weighted by Crippen LogP contribution is 2.34. The van der Waals surface area contributed by atoms with Crippen molar-refractivity contribution in [2.45, 2.75) is 19.8 Å². The first-order valence-electron chi connectivity index (χ1n) is 11.4. The average molecular weight is 554 g/mol. The number of hydrogen-bond donors (Lipinski definition) is 2. The normalized spacial score (nSPS) is 12.1. The molecule has 0 radical (unpaired) electrons. The van der Waals surface area contributed by atoms with Crippen molar-refractivity contribution in [3.63, 3.8) is 0 Å².